The summed E-state index contributed by atoms with van der Waals surface area (Å²) in [6.45, 7) is 0. The summed E-state index contributed by atoms with van der Waals surface area (Å²) in [5, 5.41) is 0. The van der Waals surface area contributed by atoms with Crippen molar-refractivity contribution >= 4 is 49.4 Å². The Hall–Kier alpha value is -1.41. The summed E-state index contributed by atoms with van der Waals surface area (Å²) >= 11 is 3.36. The van der Waals surface area contributed by atoms with Crippen molar-refractivity contribution in [2.45, 2.75) is 4.90 Å². The normalized spacial score (nSPS) is 10.9. The molecule has 3 rings (SSSR count). The summed E-state index contributed by atoms with van der Waals surface area (Å²) in [4.78, 5) is 21.1. The summed E-state index contributed by atoms with van der Waals surface area (Å²) in [5.74, 6) is 0.480. The van der Waals surface area contributed by atoms with Crippen LogP contribution in [0.3, 0.4) is 0 Å². The molecule has 0 amide bonds. The number of rotatable bonds is 3. The molecule has 0 radical (unpaired) electrons. The van der Waals surface area contributed by atoms with Gasteiger partial charge in [-0.15, -0.1) is 11.8 Å². The molecule has 0 saturated carbocycles. The molecule has 1 aromatic carbocycles. The number of pyridine rings is 1. The Morgan fingerprint density at radius 2 is 2.20 bits per heavy atom. The van der Waals surface area contributed by atoms with Crippen molar-refractivity contribution in [1.82, 2.24) is 9.97 Å². The first-order valence-electron chi connectivity index (χ1n) is 5.78. The van der Waals surface area contributed by atoms with Crippen LogP contribution in [0.15, 0.2) is 45.8 Å². The lowest BCUT2D eigenvalue weighted by atomic mass is 10.1. The summed E-state index contributed by atoms with van der Waals surface area (Å²) in [7, 11) is 0. The molecule has 0 aliphatic rings. The molecule has 0 atom stereocenters. The molecule has 3 aromatic rings. The van der Waals surface area contributed by atoms with E-state index in [1.165, 1.54) is 0 Å². The molecule has 0 aliphatic heterocycles. The molecule has 0 spiro atoms. The lowest BCUT2D eigenvalue weighted by molar-refractivity contribution is 0.110. The molecule has 2 heterocycles. The third kappa shape index (κ3) is 2.57. The van der Waals surface area contributed by atoms with Crippen molar-refractivity contribution in [3.63, 3.8) is 0 Å². The maximum Gasteiger partial charge on any atom is 0.228 e. The van der Waals surface area contributed by atoms with E-state index in [2.05, 4.69) is 9.97 Å². The molecule has 100 valence electrons. The predicted molar refractivity (Wildman–Crippen MR) is 87.4 cm³/mol. The lowest BCUT2D eigenvalue weighted by Crippen LogP contribution is -1.90. The molecule has 0 bridgehead atoms. The van der Waals surface area contributed by atoms with E-state index in [4.69, 9.17) is 4.42 Å². The van der Waals surface area contributed by atoms with Crippen LogP contribution in [0.4, 0.5) is 0 Å². The fourth-order valence-corrected chi connectivity index (χ4v) is 2.65. The van der Waals surface area contributed by atoms with Crippen LogP contribution in [-0.2, 0) is 0 Å². The Labute approximate surface area is 133 Å². The van der Waals surface area contributed by atoms with E-state index in [1.807, 2.05) is 24.5 Å². The third-order valence-corrected chi connectivity index (χ3v) is 4.11. The van der Waals surface area contributed by atoms with Crippen LogP contribution in [0.1, 0.15) is 10.4 Å². The second-order valence-electron chi connectivity index (χ2n) is 4.07. The highest BCUT2D eigenvalue weighted by atomic mass is 127. The van der Waals surface area contributed by atoms with Crippen molar-refractivity contribution in [2.75, 3.05) is 6.26 Å². The second kappa shape index (κ2) is 5.53. The van der Waals surface area contributed by atoms with Crippen molar-refractivity contribution in [3.05, 3.63) is 42.1 Å². The number of thioether (sulfide) groups is 1. The SMILES string of the molecule is CSc1cc(C(=O)I)cc(-c2nc3ncccc3o2)c1. The quantitative estimate of drug-likeness (QED) is 0.378. The van der Waals surface area contributed by atoms with Crippen LogP contribution < -0.4 is 0 Å². The maximum atomic E-state index is 11.6. The van der Waals surface area contributed by atoms with E-state index >= 15 is 0 Å². The fraction of sp³-hybridized carbons (Fsp3) is 0.0714. The van der Waals surface area contributed by atoms with Crippen LogP contribution in [-0.4, -0.2) is 20.0 Å². The summed E-state index contributed by atoms with van der Waals surface area (Å²) < 4.78 is 5.69. The van der Waals surface area contributed by atoms with Gasteiger partial charge in [-0.1, -0.05) is 0 Å². The number of aromatic nitrogens is 2. The number of carbonyl (C=O) groups excluding carboxylic acids is 1. The monoisotopic (exact) mass is 396 g/mol. The molecular formula is C14H9IN2O2S. The summed E-state index contributed by atoms with van der Waals surface area (Å²) in [6, 6.07) is 9.23. The average molecular weight is 396 g/mol. The Bertz CT molecular complexity index is 768. The minimum absolute atomic E-state index is 0.00557. The summed E-state index contributed by atoms with van der Waals surface area (Å²) in [5.41, 5.74) is 2.64. The van der Waals surface area contributed by atoms with E-state index in [9.17, 15) is 4.79 Å². The van der Waals surface area contributed by atoms with Gasteiger partial charge in [-0.2, -0.15) is 4.98 Å². The first-order valence-corrected chi connectivity index (χ1v) is 8.08. The molecular weight excluding hydrogens is 387 g/mol. The van der Waals surface area contributed by atoms with E-state index in [1.54, 1.807) is 52.7 Å². The van der Waals surface area contributed by atoms with E-state index in [0.29, 0.717) is 22.7 Å². The molecule has 0 aliphatic carbocycles. The van der Waals surface area contributed by atoms with E-state index < -0.39 is 0 Å². The van der Waals surface area contributed by atoms with Gasteiger partial charge in [0, 0.05) is 44.8 Å². The molecule has 4 nitrogen and oxygen atoms in total. The average Bonchev–Trinajstić information content (AvgIpc) is 2.90. The Morgan fingerprint density at radius 1 is 1.35 bits per heavy atom. The van der Waals surface area contributed by atoms with Gasteiger partial charge in [-0.05, 0) is 36.6 Å². The van der Waals surface area contributed by atoms with Crippen LogP contribution in [0.25, 0.3) is 22.7 Å². The molecule has 0 saturated heterocycles. The minimum Gasteiger partial charge on any atom is -0.434 e. The number of fused-ring (bicyclic) bond motifs is 1. The number of halogens is 1. The second-order valence-corrected chi connectivity index (χ2v) is 5.93. The van der Waals surface area contributed by atoms with E-state index in [0.717, 1.165) is 10.5 Å². The number of oxazole rings is 1. The van der Waals surface area contributed by atoms with Crippen LogP contribution in [0.2, 0.25) is 0 Å². The topological polar surface area (TPSA) is 56.0 Å². The predicted octanol–water partition coefficient (Wildman–Crippen LogP) is 4.19. The van der Waals surface area contributed by atoms with Crippen LogP contribution in [0.5, 0.6) is 0 Å². The maximum absolute atomic E-state index is 11.6. The Morgan fingerprint density at radius 3 is 2.90 bits per heavy atom. The van der Waals surface area contributed by atoms with Gasteiger partial charge < -0.3 is 4.42 Å². The number of carbonyl (C=O) groups is 1. The van der Waals surface area contributed by atoms with Gasteiger partial charge in [0.05, 0.1) is 0 Å². The highest BCUT2D eigenvalue weighted by Gasteiger charge is 2.12. The molecule has 2 aromatic heterocycles. The largest absolute Gasteiger partial charge is 0.434 e. The van der Waals surface area contributed by atoms with Gasteiger partial charge in [-0.25, -0.2) is 4.98 Å². The zero-order valence-corrected chi connectivity index (χ0v) is 13.4. The zero-order valence-electron chi connectivity index (χ0n) is 10.5. The number of nitrogens with zero attached hydrogens (tertiary/aromatic N) is 2. The third-order valence-electron chi connectivity index (χ3n) is 2.78. The van der Waals surface area contributed by atoms with Gasteiger partial charge >= 0.3 is 0 Å². The van der Waals surface area contributed by atoms with Crippen molar-refractivity contribution in [2.24, 2.45) is 0 Å². The van der Waals surface area contributed by atoms with Crippen LogP contribution in [0, 0.1) is 0 Å². The molecule has 0 fully saturated rings. The van der Waals surface area contributed by atoms with Crippen molar-refractivity contribution < 1.29 is 9.21 Å². The standard InChI is InChI=1S/C14H9IN2O2S/c1-20-10-6-8(12(15)18)5-9(7-10)14-17-13-11(19-14)3-2-4-16-13/h2-7H,1H3. The van der Waals surface area contributed by atoms with Gasteiger partial charge in [0.15, 0.2) is 11.2 Å². The molecule has 6 heteroatoms. The van der Waals surface area contributed by atoms with Gasteiger partial charge in [0.1, 0.15) is 0 Å². The molecule has 20 heavy (non-hydrogen) atoms. The van der Waals surface area contributed by atoms with Gasteiger partial charge in [0.2, 0.25) is 9.68 Å². The summed E-state index contributed by atoms with van der Waals surface area (Å²) in [6.07, 6.45) is 3.64. The fourth-order valence-electron chi connectivity index (χ4n) is 1.85. The Kier molecular flexibility index (Phi) is 3.75. The van der Waals surface area contributed by atoms with Gasteiger partial charge in [0.25, 0.3) is 0 Å². The Balaban J connectivity index is 2.17. The number of benzene rings is 1. The number of hydrogen-bond acceptors (Lipinski definition) is 5. The highest BCUT2D eigenvalue weighted by Crippen LogP contribution is 2.29. The van der Waals surface area contributed by atoms with Gasteiger partial charge in [-0.3, -0.25) is 4.79 Å². The van der Waals surface area contributed by atoms with Crippen molar-refractivity contribution in [3.8, 4) is 11.5 Å². The molecule has 0 unspecified atom stereocenters. The van der Waals surface area contributed by atoms with Crippen molar-refractivity contribution in [1.29, 1.82) is 0 Å². The number of hydrogen-bond donors (Lipinski definition) is 0. The highest BCUT2D eigenvalue weighted by molar-refractivity contribution is 14.1. The first kappa shape index (κ1) is 13.6. The first-order chi connectivity index (χ1) is 9.67. The molecule has 0 N–H and O–H groups in total. The lowest BCUT2D eigenvalue weighted by Gasteiger charge is -2.03. The van der Waals surface area contributed by atoms with E-state index in [-0.39, 0.29) is 3.79 Å². The van der Waals surface area contributed by atoms with Crippen LogP contribution >= 0.6 is 34.4 Å². The minimum atomic E-state index is -0.00557. The smallest absolute Gasteiger partial charge is 0.228 e. The zero-order chi connectivity index (χ0) is 14.1.